The number of carbonyl (C=O) groups excluding carboxylic acids is 1. The first-order valence-corrected chi connectivity index (χ1v) is 11.4. The fourth-order valence-electron chi connectivity index (χ4n) is 3.89. The number of para-hydroxylation sites is 2. The number of rotatable bonds is 9. The molecule has 3 aromatic carbocycles. The smallest absolute Gasteiger partial charge is 0.226 e. The van der Waals surface area contributed by atoms with Gasteiger partial charge in [0.25, 0.3) is 0 Å². The van der Waals surface area contributed by atoms with E-state index in [0.717, 1.165) is 16.9 Å². The lowest BCUT2D eigenvalue weighted by Crippen LogP contribution is -2.28. The first kappa shape index (κ1) is 26.3. The second-order valence-electron chi connectivity index (χ2n) is 8.84. The summed E-state index contributed by atoms with van der Waals surface area (Å²) in [4.78, 5) is 15.2. The summed E-state index contributed by atoms with van der Waals surface area (Å²) in [6.07, 6.45) is 0.386. The van der Waals surface area contributed by atoms with Crippen LogP contribution in [0.15, 0.2) is 72.8 Å². The number of anilines is 2. The molecule has 0 saturated carbocycles. The van der Waals surface area contributed by atoms with E-state index in [0.29, 0.717) is 31.3 Å². The van der Waals surface area contributed by atoms with Gasteiger partial charge in [-0.1, -0.05) is 76.2 Å². The van der Waals surface area contributed by atoms with Gasteiger partial charge in [-0.2, -0.15) is 0 Å². The zero-order valence-electron chi connectivity index (χ0n) is 19.9. The van der Waals surface area contributed by atoms with Crippen LogP contribution >= 0.6 is 12.4 Å². The minimum Gasteiger partial charge on any atom is -0.508 e. The molecule has 0 spiro atoms. The molecule has 5 heteroatoms. The summed E-state index contributed by atoms with van der Waals surface area (Å²) in [7, 11) is 0. The first-order chi connectivity index (χ1) is 15.3. The van der Waals surface area contributed by atoms with Crippen molar-refractivity contribution < 1.29 is 9.90 Å². The molecule has 0 fully saturated rings. The summed E-state index contributed by atoms with van der Waals surface area (Å²) in [5.41, 5.74) is 5.47. The molecule has 33 heavy (non-hydrogen) atoms. The van der Waals surface area contributed by atoms with Crippen molar-refractivity contribution in [3.05, 3.63) is 89.5 Å². The molecule has 0 atom stereocenters. The fraction of sp³-hybridized carbons (Fsp3) is 0.321. The molecule has 0 heterocycles. The lowest BCUT2D eigenvalue weighted by Gasteiger charge is -2.25. The SMILES string of the molecule is CC(C)c1cccc(C(C)C)c1NC(=O)CCN(Cc1ccc(O)cc1)c1ccccc1.Cl. The van der Waals surface area contributed by atoms with Crippen molar-refractivity contribution >= 4 is 29.7 Å². The highest BCUT2D eigenvalue weighted by atomic mass is 35.5. The van der Waals surface area contributed by atoms with Crippen molar-refractivity contribution in [1.29, 1.82) is 0 Å². The van der Waals surface area contributed by atoms with Crippen LogP contribution in [-0.2, 0) is 11.3 Å². The van der Waals surface area contributed by atoms with Crippen molar-refractivity contribution in [3.8, 4) is 5.75 Å². The second-order valence-corrected chi connectivity index (χ2v) is 8.84. The number of phenols is 1. The van der Waals surface area contributed by atoms with Gasteiger partial charge < -0.3 is 15.3 Å². The molecule has 176 valence electrons. The van der Waals surface area contributed by atoms with E-state index >= 15 is 0 Å². The molecule has 0 saturated heterocycles. The maximum Gasteiger partial charge on any atom is 0.226 e. The largest absolute Gasteiger partial charge is 0.508 e. The molecule has 0 bridgehead atoms. The molecule has 1 amide bonds. The number of halogens is 1. The van der Waals surface area contributed by atoms with Gasteiger partial charge in [0, 0.05) is 30.9 Å². The highest BCUT2D eigenvalue weighted by molar-refractivity contribution is 5.93. The van der Waals surface area contributed by atoms with Crippen LogP contribution in [0.3, 0.4) is 0 Å². The summed E-state index contributed by atoms with van der Waals surface area (Å²) in [6.45, 7) is 9.89. The maximum atomic E-state index is 13.0. The van der Waals surface area contributed by atoms with Crippen molar-refractivity contribution in [3.63, 3.8) is 0 Å². The van der Waals surface area contributed by atoms with Crippen LogP contribution in [-0.4, -0.2) is 17.6 Å². The van der Waals surface area contributed by atoms with Gasteiger partial charge in [0.05, 0.1) is 0 Å². The molecule has 0 radical (unpaired) electrons. The Hall–Kier alpha value is -2.98. The third-order valence-electron chi connectivity index (χ3n) is 5.68. The summed E-state index contributed by atoms with van der Waals surface area (Å²) in [6, 6.07) is 23.6. The van der Waals surface area contributed by atoms with Crippen LogP contribution in [0.2, 0.25) is 0 Å². The van der Waals surface area contributed by atoms with Crippen LogP contribution < -0.4 is 10.2 Å². The van der Waals surface area contributed by atoms with E-state index in [1.54, 1.807) is 12.1 Å². The van der Waals surface area contributed by atoms with Gasteiger partial charge in [-0.25, -0.2) is 0 Å². The van der Waals surface area contributed by atoms with Crippen LogP contribution in [0.25, 0.3) is 0 Å². The van der Waals surface area contributed by atoms with E-state index in [2.05, 4.69) is 68.2 Å². The van der Waals surface area contributed by atoms with E-state index in [9.17, 15) is 9.90 Å². The monoisotopic (exact) mass is 466 g/mol. The van der Waals surface area contributed by atoms with E-state index in [1.165, 1.54) is 11.1 Å². The van der Waals surface area contributed by atoms with E-state index in [4.69, 9.17) is 0 Å². The van der Waals surface area contributed by atoms with Gasteiger partial charge in [0.2, 0.25) is 5.91 Å². The maximum absolute atomic E-state index is 13.0. The van der Waals surface area contributed by atoms with E-state index < -0.39 is 0 Å². The number of aromatic hydroxyl groups is 1. The molecule has 0 aromatic heterocycles. The van der Waals surface area contributed by atoms with Crippen molar-refractivity contribution in [1.82, 2.24) is 0 Å². The first-order valence-electron chi connectivity index (χ1n) is 11.4. The quantitative estimate of drug-likeness (QED) is 0.353. The average molecular weight is 467 g/mol. The zero-order valence-corrected chi connectivity index (χ0v) is 20.7. The molecule has 3 rings (SSSR count). The predicted molar refractivity (Wildman–Crippen MR) is 141 cm³/mol. The highest BCUT2D eigenvalue weighted by Gasteiger charge is 2.17. The van der Waals surface area contributed by atoms with Crippen LogP contribution in [0, 0.1) is 0 Å². The molecule has 2 N–H and O–H groups in total. The number of hydrogen-bond acceptors (Lipinski definition) is 3. The second kappa shape index (κ2) is 12.3. The highest BCUT2D eigenvalue weighted by Crippen LogP contribution is 2.32. The number of nitrogens with one attached hydrogen (secondary N) is 1. The van der Waals surface area contributed by atoms with Gasteiger partial charge in [-0.15, -0.1) is 12.4 Å². The average Bonchev–Trinajstić information content (AvgIpc) is 2.78. The molecular formula is C28H35ClN2O2. The number of nitrogens with zero attached hydrogens (tertiary/aromatic N) is 1. The van der Waals surface area contributed by atoms with Gasteiger partial charge in [-0.3, -0.25) is 4.79 Å². The summed E-state index contributed by atoms with van der Waals surface area (Å²) in [5.74, 6) is 0.939. The molecule has 0 aliphatic rings. The lowest BCUT2D eigenvalue weighted by atomic mass is 9.92. The number of benzene rings is 3. The lowest BCUT2D eigenvalue weighted by molar-refractivity contribution is -0.116. The number of phenolic OH excluding ortho intramolecular Hbond substituents is 1. The summed E-state index contributed by atoms with van der Waals surface area (Å²) >= 11 is 0. The Kier molecular flexibility index (Phi) is 9.80. The Labute approximate surface area is 204 Å². The topological polar surface area (TPSA) is 52.6 Å². The van der Waals surface area contributed by atoms with Gasteiger partial charge in [-0.05, 0) is 52.8 Å². The Morgan fingerprint density at radius 3 is 1.97 bits per heavy atom. The van der Waals surface area contributed by atoms with Gasteiger partial charge in [0.1, 0.15) is 5.75 Å². The summed E-state index contributed by atoms with van der Waals surface area (Å²) < 4.78 is 0. The third kappa shape index (κ3) is 7.26. The minimum absolute atomic E-state index is 0. The van der Waals surface area contributed by atoms with Crippen LogP contribution in [0.5, 0.6) is 5.75 Å². The summed E-state index contributed by atoms with van der Waals surface area (Å²) in [5, 5.41) is 12.8. The molecule has 3 aromatic rings. The Morgan fingerprint density at radius 1 is 0.848 bits per heavy atom. The Morgan fingerprint density at radius 2 is 1.42 bits per heavy atom. The predicted octanol–water partition coefficient (Wildman–Crippen LogP) is 7.10. The van der Waals surface area contributed by atoms with Gasteiger partial charge >= 0.3 is 0 Å². The van der Waals surface area contributed by atoms with Gasteiger partial charge in [0.15, 0.2) is 0 Å². The normalized spacial score (nSPS) is 10.7. The molecule has 4 nitrogen and oxygen atoms in total. The van der Waals surface area contributed by atoms with Crippen molar-refractivity contribution in [2.45, 2.75) is 52.5 Å². The van der Waals surface area contributed by atoms with Crippen molar-refractivity contribution in [2.75, 3.05) is 16.8 Å². The Balaban J connectivity index is 0.00000385. The Bertz CT molecular complexity index is 992. The zero-order chi connectivity index (χ0) is 23.1. The minimum atomic E-state index is 0. The molecule has 0 aliphatic heterocycles. The molecular weight excluding hydrogens is 432 g/mol. The van der Waals surface area contributed by atoms with Crippen LogP contribution in [0.4, 0.5) is 11.4 Å². The van der Waals surface area contributed by atoms with Crippen molar-refractivity contribution in [2.24, 2.45) is 0 Å². The molecule has 0 aliphatic carbocycles. The fourth-order valence-corrected chi connectivity index (χ4v) is 3.89. The standard InChI is InChI=1S/C28H34N2O2.ClH/c1-20(2)25-11-8-12-26(21(3)4)28(25)29-27(32)17-18-30(23-9-6-5-7-10-23)19-22-13-15-24(31)16-14-22;/h5-16,20-21,31H,17-19H2,1-4H3,(H,29,32);1H. The van der Waals surface area contributed by atoms with Crippen LogP contribution in [0.1, 0.15) is 62.6 Å². The number of carbonyl (C=O) groups is 1. The molecule has 0 unspecified atom stereocenters. The number of hydrogen-bond donors (Lipinski definition) is 2. The third-order valence-corrected chi connectivity index (χ3v) is 5.68. The number of amides is 1. The van der Waals surface area contributed by atoms with E-state index in [1.807, 2.05) is 30.3 Å². The van der Waals surface area contributed by atoms with E-state index in [-0.39, 0.29) is 24.1 Å².